The Balaban J connectivity index is 1.82. The van der Waals surface area contributed by atoms with E-state index in [-0.39, 0.29) is 37.3 Å². The van der Waals surface area contributed by atoms with Crippen LogP contribution in [0.25, 0.3) is 4.85 Å². The van der Waals surface area contributed by atoms with E-state index in [9.17, 15) is 32.3 Å². The number of benzene rings is 1. The molecule has 1 unspecified atom stereocenters. The van der Waals surface area contributed by atoms with Gasteiger partial charge in [-0.3, -0.25) is 28.9 Å². The Kier molecular flexibility index (Phi) is 8.39. The normalized spacial score (nSPS) is 24.6. The minimum atomic E-state index is -5.16. The van der Waals surface area contributed by atoms with E-state index in [1.54, 1.807) is 5.32 Å². The second-order valence-corrected chi connectivity index (χ2v) is 10.5. The van der Waals surface area contributed by atoms with Gasteiger partial charge in [-0.15, -0.1) is 0 Å². The molecule has 0 radical (unpaired) electrons. The molecule has 2 aliphatic rings. The zero-order valence-corrected chi connectivity index (χ0v) is 21.7. The van der Waals surface area contributed by atoms with Crippen molar-refractivity contribution in [2.45, 2.75) is 70.5 Å². The summed E-state index contributed by atoms with van der Waals surface area (Å²) in [6.45, 7) is 12.4. The molecule has 2 aliphatic heterocycles. The highest BCUT2D eigenvalue weighted by Crippen LogP contribution is 2.47. The van der Waals surface area contributed by atoms with E-state index < -0.39 is 47.6 Å². The molecule has 206 valence electrons. The number of rotatable bonds is 7. The standard InChI is InChI=1S/C26H32F3N5O4/c1-15(2)11-19(33(5)21(35)16(3)31-24(38)26(27,28)29)22(36)34-14-25(13-20(34)30-4)12-18(32-23(25)37)17-9-7-6-8-10-17/h6-10,15-16,18-20H,11-14H2,1-3,5H3,(H,31,38)(H,32,37)/t16-,18?,19-,20-,25-/m0/s1. The molecular formula is C26H32F3N5O4. The summed E-state index contributed by atoms with van der Waals surface area (Å²) < 4.78 is 38.0. The molecule has 3 rings (SSSR count). The monoisotopic (exact) mass is 535 g/mol. The third-order valence-electron chi connectivity index (χ3n) is 7.19. The second kappa shape index (κ2) is 11.0. The van der Waals surface area contributed by atoms with Gasteiger partial charge in [-0.05, 0) is 31.2 Å². The number of likely N-dealkylation sites (N-methyl/N-ethyl adjacent to an activating group) is 1. The molecule has 1 aromatic rings. The Hall–Kier alpha value is -3.62. The number of alkyl halides is 3. The van der Waals surface area contributed by atoms with Gasteiger partial charge in [0.2, 0.25) is 11.8 Å². The maximum absolute atomic E-state index is 13.8. The van der Waals surface area contributed by atoms with E-state index >= 15 is 0 Å². The second-order valence-electron chi connectivity index (χ2n) is 10.5. The van der Waals surface area contributed by atoms with Crippen LogP contribution in [0.15, 0.2) is 30.3 Å². The SMILES string of the molecule is [C-]#[N+][C@@H]1C[C@@]2(CC(c3ccccc3)NC2=O)CN1C(=O)[C@H](CC(C)C)N(C)C(=O)[C@H](C)NC(=O)C(F)(F)F. The molecule has 2 saturated heterocycles. The van der Waals surface area contributed by atoms with Gasteiger partial charge in [-0.2, -0.15) is 13.2 Å². The first-order valence-electron chi connectivity index (χ1n) is 12.4. The minimum Gasteiger partial charge on any atom is -0.349 e. The summed E-state index contributed by atoms with van der Waals surface area (Å²) in [7, 11) is 1.29. The van der Waals surface area contributed by atoms with Crippen molar-refractivity contribution in [2.24, 2.45) is 11.3 Å². The molecule has 5 atom stereocenters. The molecule has 0 aliphatic carbocycles. The van der Waals surface area contributed by atoms with E-state index in [4.69, 9.17) is 6.57 Å². The molecule has 9 nitrogen and oxygen atoms in total. The third-order valence-corrected chi connectivity index (χ3v) is 7.19. The number of nitrogens with zero attached hydrogens (tertiary/aromatic N) is 3. The predicted molar refractivity (Wildman–Crippen MR) is 131 cm³/mol. The average Bonchev–Trinajstić information content (AvgIpc) is 3.40. The molecular weight excluding hydrogens is 503 g/mol. The topological polar surface area (TPSA) is 103 Å². The first-order chi connectivity index (χ1) is 17.7. The Morgan fingerprint density at radius 3 is 2.39 bits per heavy atom. The van der Waals surface area contributed by atoms with Crippen LogP contribution in [0.2, 0.25) is 0 Å². The zero-order valence-electron chi connectivity index (χ0n) is 21.7. The Morgan fingerprint density at radius 2 is 1.84 bits per heavy atom. The zero-order chi connectivity index (χ0) is 28.4. The van der Waals surface area contributed by atoms with Gasteiger partial charge >= 0.3 is 18.2 Å². The number of hydrogen-bond donors (Lipinski definition) is 2. The van der Waals surface area contributed by atoms with Crippen LogP contribution in [-0.2, 0) is 19.2 Å². The van der Waals surface area contributed by atoms with Crippen LogP contribution in [-0.4, -0.2) is 71.4 Å². The molecule has 38 heavy (non-hydrogen) atoms. The number of amides is 4. The molecule has 2 heterocycles. The van der Waals surface area contributed by atoms with Gasteiger partial charge in [0.1, 0.15) is 12.1 Å². The quantitative estimate of drug-likeness (QED) is 0.524. The van der Waals surface area contributed by atoms with Gasteiger partial charge < -0.3 is 15.5 Å². The minimum absolute atomic E-state index is 0.00889. The van der Waals surface area contributed by atoms with E-state index in [1.165, 1.54) is 11.9 Å². The van der Waals surface area contributed by atoms with Crippen molar-refractivity contribution in [1.82, 2.24) is 20.4 Å². The molecule has 2 fully saturated rings. The summed E-state index contributed by atoms with van der Waals surface area (Å²) in [6.07, 6.45) is -5.37. The molecule has 1 spiro atoms. The lowest BCUT2D eigenvalue weighted by Gasteiger charge is -2.33. The van der Waals surface area contributed by atoms with Gasteiger partial charge in [0.25, 0.3) is 5.91 Å². The summed E-state index contributed by atoms with van der Waals surface area (Å²) in [5.74, 6) is -4.02. The summed E-state index contributed by atoms with van der Waals surface area (Å²) >= 11 is 0. The highest BCUT2D eigenvalue weighted by molar-refractivity contribution is 5.94. The maximum atomic E-state index is 13.8. The number of nitrogens with one attached hydrogen (secondary N) is 2. The van der Waals surface area contributed by atoms with Gasteiger partial charge in [0, 0.05) is 13.6 Å². The maximum Gasteiger partial charge on any atom is 0.471 e. The smallest absolute Gasteiger partial charge is 0.349 e. The van der Waals surface area contributed by atoms with Crippen LogP contribution in [0.5, 0.6) is 0 Å². The largest absolute Gasteiger partial charge is 0.471 e. The first kappa shape index (κ1) is 28.9. The Labute approximate surface area is 219 Å². The number of halogens is 3. The lowest BCUT2D eigenvalue weighted by molar-refractivity contribution is -0.175. The Morgan fingerprint density at radius 1 is 1.21 bits per heavy atom. The molecule has 0 aromatic heterocycles. The lowest BCUT2D eigenvalue weighted by atomic mass is 9.82. The highest BCUT2D eigenvalue weighted by atomic mass is 19.4. The number of likely N-dealkylation sites (tertiary alicyclic amines) is 1. The fourth-order valence-electron chi connectivity index (χ4n) is 5.20. The van der Waals surface area contributed by atoms with Crippen molar-refractivity contribution in [3.05, 3.63) is 47.3 Å². The lowest BCUT2D eigenvalue weighted by Crippen LogP contribution is -2.56. The third kappa shape index (κ3) is 5.92. The molecule has 1 aromatic carbocycles. The molecule has 0 bridgehead atoms. The molecule has 4 amide bonds. The summed E-state index contributed by atoms with van der Waals surface area (Å²) in [6, 6.07) is 6.48. The number of carbonyl (C=O) groups is 4. The van der Waals surface area contributed by atoms with Crippen molar-refractivity contribution in [3.8, 4) is 0 Å². The van der Waals surface area contributed by atoms with E-state index in [0.717, 1.165) is 17.4 Å². The Bertz CT molecular complexity index is 1120. The van der Waals surface area contributed by atoms with Crippen LogP contribution in [0.3, 0.4) is 0 Å². The van der Waals surface area contributed by atoms with Crippen molar-refractivity contribution < 1.29 is 32.3 Å². The van der Waals surface area contributed by atoms with Crippen molar-refractivity contribution >= 4 is 23.6 Å². The van der Waals surface area contributed by atoms with Crippen LogP contribution in [0, 0.1) is 17.9 Å². The summed E-state index contributed by atoms with van der Waals surface area (Å²) in [5, 5.41) is 4.60. The fraction of sp³-hybridized carbons (Fsp3) is 0.577. The van der Waals surface area contributed by atoms with E-state index in [2.05, 4.69) is 10.2 Å². The van der Waals surface area contributed by atoms with E-state index in [0.29, 0.717) is 6.42 Å². The van der Waals surface area contributed by atoms with Gasteiger partial charge in [-0.25, -0.2) is 6.57 Å². The van der Waals surface area contributed by atoms with Crippen LogP contribution in [0.1, 0.15) is 51.6 Å². The fourth-order valence-corrected chi connectivity index (χ4v) is 5.20. The van der Waals surface area contributed by atoms with E-state index in [1.807, 2.05) is 44.2 Å². The highest BCUT2D eigenvalue weighted by Gasteiger charge is 2.59. The van der Waals surface area contributed by atoms with Crippen LogP contribution >= 0.6 is 0 Å². The number of hydrogen-bond acceptors (Lipinski definition) is 4. The summed E-state index contributed by atoms with van der Waals surface area (Å²) in [5.41, 5.74) is -0.0515. The molecule has 12 heteroatoms. The first-order valence-corrected chi connectivity index (χ1v) is 12.4. The van der Waals surface area contributed by atoms with Gasteiger partial charge in [0.15, 0.2) is 0 Å². The average molecular weight is 536 g/mol. The van der Waals surface area contributed by atoms with Gasteiger partial charge in [0.05, 0.1) is 17.9 Å². The molecule has 2 N–H and O–H groups in total. The van der Waals surface area contributed by atoms with Crippen molar-refractivity contribution in [3.63, 3.8) is 0 Å². The number of carbonyl (C=O) groups excluding carboxylic acids is 4. The molecule has 0 saturated carbocycles. The van der Waals surface area contributed by atoms with Crippen molar-refractivity contribution in [1.29, 1.82) is 0 Å². The van der Waals surface area contributed by atoms with Crippen molar-refractivity contribution in [2.75, 3.05) is 13.6 Å². The van der Waals surface area contributed by atoms with Crippen LogP contribution < -0.4 is 10.6 Å². The predicted octanol–water partition coefficient (Wildman–Crippen LogP) is 2.65. The van der Waals surface area contributed by atoms with Crippen LogP contribution in [0.4, 0.5) is 13.2 Å². The summed E-state index contributed by atoms with van der Waals surface area (Å²) in [4.78, 5) is 57.1. The van der Waals surface area contributed by atoms with Gasteiger partial charge in [-0.1, -0.05) is 44.2 Å².